The number of carbonyl (C=O) groups is 1. The number of methoxy groups -OCH3 is 1. The summed E-state index contributed by atoms with van der Waals surface area (Å²) in [6.45, 7) is 3.76. The Morgan fingerprint density at radius 1 is 1.42 bits per heavy atom. The number of rotatable bonds is 9. The highest BCUT2D eigenvalue weighted by molar-refractivity contribution is 5.78. The van der Waals surface area contributed by atoms with Crippen LogP contribution in [0.15, 0.2) is 6.20 Å². The summed E-state index contributed by atoms with van der Waals surface area (Å²) in [6, 6.07) is 0. The predicted molar refractivity (Wildman–Crippen MR) is 75.6 cm³/mol. The second kappa shape index (κ2) is 7.94. The largest absolute Gasteiger partial charge is 0.493 e. The minimum atomic E-state index is 0.310. The van der Waals surface area contributed by atoms with E-state index in [1.165, 1.54) is 0 Å². The van der Waals surface area contributed by atoms with Crippen molar-refractivity contribution < 1.29 is 9.53 Å². The summed E-state index contributed by atoms with van der Waals surface area (Å²) < 4.78 is 7.26. The Morgan fingerprint density at radius 3 is 2.74 bits per heavy atom. The van der Waals surface area contributed by atoms with Gasteiger partial charge in [-0.3, -0.25) is 9.48 Å². The molecule has 0 aliphatic heterocycles. The van der Waals surface area contributed by atoms with E-state index < -0.39 is 0 Å². The molecule has 0 aliphatic rings. The first-order valence-electron chi connectivity index (χ1n) is 6.83. The van der Waals surface area contributed by atoms with E-state index in [2.05, 4.69) is 10.00 Å². The summed E-state index contributed by atoms with van der Waals surface area (Å²) in [5.74, 6) is 1.09. The summed E-state index contributed by atoms with van der Waals surface area (Å²) in [7, 11) is 5.71. The highest BCUT2D eigenvalue weighted by atomic mass is 16.5. The van der Waals surface area contributed by atoms with Crippen molar-refractivity contribution in [3.05, 3.63) is 11.9 Å². The third-order valence-corrected chi connectivity index (χ3v) is 3.06. The zero-order chi connectivity index (χ0) is 14.3. The normalized spacial score (nSPS) is 11.0. The van der Waals surface area contributed by atoms with E-state index in [0.717, 1.165) is 31.0 Å². The molecule has 0 amide bonds. The van der Waals surface area contributed by atoms with E-state index in [0.29, 0.717) is 25.0 Å². The summed E-state index contributed by atoms with van der Waals surface area (Å²) in [4.78, 5) is 13.7. The summed E-state index contributed by atoms with van der Waals surface area (Å²) in [6.07, 6.45) is 4.58. The van der Waals surface area contributed by atoms with Gasteiger partial charge in [0, 0.05) is 19.4 Å². The molecule has 0 aromatic carbocycles. The standard InChI is InChI=1S/C14H25N3O2/c1-5-6-12(18)7-8-13-14(19-4)11-15-17(13)10-9-16(2)3/h11H,5-10H2,1-4H3. The summed E-state index contributed by atoms with van der Waals surface area (Å²) >= 11 is 0. The first-order valence-corrected chi connectivity index (χ1v) is 6.83. The Labute approximate surface area is 115 Å². The Balaban J connectivity index is 2.67. The molecule has 0 aliphatic carbocycles. The van der Waals surface area contributed by atoms with Crippen LogP contribution in [0.25, 0.3) is 0 Å². The van der Waals surface area contributed by atoms with Crippen LogP contribution in [0.3, 0.4) is 0 Å². The Morgan fingerprint density at radius 2 is 2.16 bits per heavy atom. The Bertz CT molecular complexity index is 399. The molecule has 5 heteroatoms. The van der Waals surface area contributed by atoms with Gasteiger partial charge in [-0.05, 0) is 26.9 Å². The minimum absolute atomic E-state index is 0.310. The van der Waals surface area contributed by atoms with E-state index >= 15 is 0 Å². The number of nitrogens with zero attached hydrogens (tertiary/aromatic N) is 3. The van der Waals surface area contributed by atoms with E-state index in [1.807, 2.05) is 25.7 Å². The molecule has 1 aromatic heterocycles. The summed E-state index contributed by atoms with van der Waals surface area (Å²) in [5.41, 5.74) is 1.02. The molecule has 108 valence electrons. The van der Waals surface area contributed by atoms with Gasteiger partial charge in [0.2, 0.25) is 0 Å². The van der Waals surface area contributed by atoms with E-state index in [1.54, 1.807) is 13.3 Å². The Hall–Kier alpha value is -1.36. The van der Waals surface area contributed by atoms with Gasteiger partial charge in [-0.2, -0.15) is 5.10 Å². The van der Waals surface area contributed by atoms with Crippen molar-refractivity contribution in [3.8, 4) is 5.75 Å². The third kappa shape index (κ3) is 5.03. The van der Waals surface area contributed by atoms with Gasteiger partial charge in [-0.1, -0.05) is 6.92 Å². The fraction of sp³-hybridized carbons (Fsp3) is 0.714. The zero-order valence-electron chi connectivity index (χ0n) is 12.5. The number of carbonyl (C=O) groups excluding carboxylic acids is 1. The lowest BCUT2D eigenvalue weighted by Crippen LogP contribution is -2.20. The lowest BCUT2D eigenvalue weighted by Gasteiger charge is -2.12. The molecule has 1 heterocycles. The molecule has 0 N–H and O–H groups in total. The number of likely N-dealkylation sites (N-methyl/N-ethyl adjacent to an activating group) is 1. The molecule has 1 rings (SSSR count). The summed E-state index contributed by atoms with van der Waals surface area (Å²) in [5, 5.41) is 4.34. The van der Waals surface area contributed by atoms with Crippen molar-refractivity contribution in [2.45, 2.75) is 39.2 Å². The fourth-order valence-corrected chi connectivity index (χ4v) is 1.97. The van der Waals surface area contributed by atoms with Crippen molar-refractivity contribution >= 4 is 5.78 Å². The molecule has 0 atom stereocenters. The van der Waals surface area contributed by atoms with E-state index in [9.17, 15) is 4.79 Å². The molecule has 0 fully saturated rings. The lowest BCUT2D eigenvalue weighted by atomic mass is 10.1. The molecule has 19 heavy (non-hydrogen) atoms. The van der Waals surface area contributed by atoms with Crippen LogP contribution in [-0.4, -0.2) is 48.2 Å². The van der Waals surface area contributed by atoms with E-state index in [-0.39, 0.29) is 0 Å². The SMILES string of the molecule is CCCC(=O)CCc1c(OC)cnn1CCN(C)C. The van der Waals surface area contributed by atoms with Gasteiger partial charge in [-0.25, -0.2) is 0 Å². The number of ketones is 1. The predicted octanol–water partition coefficient (Wildman–Crippen LogP) is 1.76. The van der Waals surface area contributed by atoms with Crippen LogP contribution in [0.1, 0.15) is 31.9 Å². The van der Waals surface area contributed by atoms with Gasteiger partial charge in [0.15, 0.2) is 5.75 Å². The molecule has 0 unspecified atom stereocenters. The second-order valence-corrected chi connectivity index (χ2v) is 4.97. The third-order valence-electron chi connectivity index (χ3n) is 3.06. The number of aromatic nitrogens is 2. The minimum Gasteiger partial charge on any atom is -0.493 e. The van der Waals surface area contributed by atoms with Gasteiger partial charge < -0.3 is 9.64 Å². The molecular formula is C14H25N3O2. The first-order chi connectivity index (χ1) is 9.08. The number of Topliss-reactive ketones (excluding diaryl/α,β-unsaturated/α-hetero) is 1. The van der Waals surface area contributed by atoms with Gasteiger partial charge in [-0.15, -0.1) is 0 Å². The van der Waals surface area contributed by atoms with Crippen molar-refractivity contribution in [1.29, 1.82) is 0 Å². The smallest absolute Gasteiger partial charge is 0.159 e. The maximum absolute atomic E-state index is 11.6. The molecule has 0 bridgehead atoms. The highest BCUT2D eigenvalue weighted by Crippen LogP contribution is 2.19. The van der Waals surface area contributed by atoms with Gasteiger partial charge in [0.1, 0.15) is 5.78 Å². The van der Waals surface area contributed by atoms with Crippen molar-refractivity contribution in [2.24, 2.45) is 0 Å². The van der Waals surface area contributed by atoms with Crippen molar-refractivity contribution in [2.75, 3.05) is 27.7 Å². The molecule has 0 saturated heterocycles. The van der Waals surface area contributed by atoms with Gasteiger partial charge in [0.25, 0.3) is 0 Å². The Kier molecular flexibility index (Phi) is 6.56. The number of hydrogen-bond donors (Lipinski definition) is 0. The quantitative estimate of drug-likeness (QED) is 0.684. The van der Waals surface area contributed by atoms with Crippen LogP contribution < -0.4 is 4.74 Å². The average molecular weight is 267 g/mol. The maximum Gasteiger partial charge on any atom is 0.159 e. The van der Waals surface area contributed by atoms with Crippen LogP contribution in [0.4, 0.5) is 0 Å². The number of ether oxygens (including phenoxy) is 1. The van der Waals surface area contributed by atoms with Crippen LogP contribution in [-0.2, 0) is 17.8 Å². The van der Waals surface area contributed by atoms with Gasteiger partial charge in [0.05, 0.1) is 25.5 Å². The number of hydrogen-bond acceptors (Lipinski definition) is 4. The second-order valence-electron chi connectivity index (χ2n) is 4.97. The molecule has 1 aromatic rings. The van der Waals surface area contributed by atoms with E-state index in [4.69, 9.17) is 4.74 Å². The lowest BCUT2D eigenvalue weighted by molar-refractivity contribution is -0.119. The van der Waals surface area contributed by atoms with Crippen LogP contribution in [0, 0.1) is 0 Å². The molecule has 5 nitrogen and oxygen atoms in total. The van der Waals surface area contributed by atoms with Crippen LogP contribution in [0.5, 0.6) is 5.75 Å². The van der Waals surface area contributed by atoms with Crippen LogP contribution >= 0.6 is 0 Å². The average Bonchev–Trinajstić information content (AvgIpc) is 2.76. The first kappa shape index (κ1) is 15.7. The van der Waals surface area contributed by atoms with Crippen molar-refractivity contribution in [1.82, 2.24) is 14.7 Å². The van der Waals surface area contributed by atoms with Crippen LogP contribution in [0.2, 0.25) is 0 Å². The van der Waals surface area contributed by atoms with Crippen molar-refractivity contribution in [3.63, 3.8) is 0 Å². The van der Waals surface area contributed by atoms with Gasteiger partial charge >= 0.3 is 0 Å². The molecule has 0 spiro atoms. The maximum atomic E-state index is 11.6. The zero-order valence-corrected chi connectivity index (χ0v) is 12.5. The molecule has 0 radical (unpaired) electrons. The molecule has 0 saturated carbocycles. The topological polar surface area (TPSA) is 47.4 Å². The molecular weight excluding hydrogens is 242 g/mol. The highest BCUT2D eigenvalue weighted by Gasteiger charge is 2.13. The fourth-order valence-electron chi connectivity index (χ4n) is 1.97. The monoisotopic (exact) mass is 267 g/mol.